The second kappa shape index (κ2) is 11.0. The van der Waals surface area contributed by atoms with Gasteiger partial charge in [0.05, 0.1) is 5.56 Å². The Balaban J connectivity index is 1.57. The predicted octanol–water partition coefficient (Wildman–Crippen LogP) is 6.08. The number of anilines is 2. The molecule has 3 aromatic rings. The third kappa shape index (κ3) is 5.30. The van der Waals surface area contributed by atoms with Crippen molar-refractivity contribution in [2.45, 2.75) is 33.1 Å². The molecule has 1 N–H and O–H groups in total. The van der Waals surface area contributed by atoms with Gasteiger partial charge in [0.1, 0.15) is 0 Å². The minimum absolute atomic E-state index is 0.00823. The van der Waals surface area contributed by atoms with E-state index in [9.17, 15) is 9.59 Å². The summed E-state index contributed by atoms with van der Waals surface area (Å²) in [5.74, 6) is -0.180. The molecule has 0 unspecified atom stereocenters. The third-order valence-corrected chi connectivity index (χ3v) is 6.49. The Morgan fingerprint density at radius 3 is 2.12 bits per heavy atom. The Morgan fingerprint density at radius 1 is 0.824 bits per heavy atom. The molecule has 5 heteroatoms. The lowest BCUT2D eigenvalue weighted by molar-refractivity contribution is 0.0773. The van der Waals surface area contributed by atoms with Gasteiger partial charge in [0.15, 0.2) is 0 Å². The predicted molar refractivity (Wildman–Crippen MR) is 140 cm³/mol. The van der Waals surface area contributed by atoms with Crippen LogP contribution in [0.15, 0.2) is 72.8 Å². The molecule has 5 nitrogen and oxygen atoms in total. The number of hydrogen-bond donors (Lipinski definition) is 1. The fourth-order valence-electron chi connectivity index (χ4n) is 4.52. The number of rotatable bonds is 7. The molecule has 0 aliphatic carbocycles. The van der Waals surface area contributed by atoms with Gasteiger partial charge in [-0.1, -0.05) is 42.5 Å². The summed E-state index contributed by atoms with van der Waals surface area (Å²) < 4.78 is 0. The van der Waals surface area contributed by atoms with Crippen molar-refractivity contribution in [2.75, 3.05) is 36.4 Å². The average molecular weight is 456 g/mol. The van der Waals surface area contributed by atoms with Crippen LogP contribution in [0, 0.1) is 0 Å². The Labute approximate surface area is 202 Å². The molecule has 0 aromatic heterocycles. The van der Waals surface area contributed by atoms with Crippen molar-refractivity contribution in [3.05, 3.63) is 83.9 Å². The minimum Gasteiger partial charge on any atom is -0.371 e. The molecule has 4 rings (SSSR count). The lowest BCUT2D eigenvalue weighted by atomic mass is 10.0. The van der Waals surface area contributed by atoms with Crippen LogP contribution in [0.1, 0.15) is 53.8 Å². The van der Waals surface area contributed by atoms with Crippen molar-refractivity contribution in [3.63, 3.8) is 0 Å². The highest BCUT2D eigenvalue weighted by Crippen LogP contribution is 2.29. The summed E-state index contributed by atoms with van der Waals surface area (Å²) in [5, 5.41) is 2.99. The topological polar surface area (TPSA) is 52.7 Å². The van der Waals surface area contributed by atoms with Crippen LogP contribution in [0.25, 0.3) is 11.1 Å². The molecule has 0 radical (unpaired) electrons. The first-order valence-electron chi connectivity index (χ1n) is 12.3. The molecule has 1 heterocycles. The average Bonchev–Trinajstić information content (AvgIpc) is 2.90. The molecule has 1 saturated heterocycles. The van der Waals surface area contributed by atoms with E-state index in [1.165, 1.54) is 6.42 Å². The molecule has 0 saturated carbocycles. The van der Waals surface area contributed by atoms with E-state index in [-0.39, 0.29) is 11.8 Å². The monoisotopic (exact) mass is 455 g/mol. The van der Waals surface area contributed by atoms with Crippen LogP contribution < -0.4 is 10.2 Å². The number of nitrogens with one attached hydrogen (secondary N) is 1. The van der Waals surface area contributed by atoms with Crippen LogP contribution in [-0.4, -0.2) is 42.9 Å². The number of hydrogen-bond acceptors (Lipinski definition) is 3. The second-order valence-corrected chi connectivity index (χ2v) is 8.65. The zero-order valence-electron chi connectivity index (χ0n) is 20.1. The molecular formula is C29H33N3O2. The van der Waals surface area contributed by atoms with Gasteiger partial charge < -0.3 is 15.1 Å². The number of piperidine rings is 1. The van der Waals surface area contributed by atoms with Gasteiger partial charge in [-0.15, -0.1) is 0 Å². The van der Waals surface area contributed by atoms with Crippen LogP contribution in [0.4, 0.5) is 11.4 Å². The molecule has 34 heavy (non-hydrogen) atoms. The van der Waals surface area contributed by atoms with Crippen LogP contribution >= 0.6 is 0 Å². The molecule has 1 aliphatic heterocycles. The van der Waals surface area contributed by atoms with Gasteiger partial charge in [0, 0.05) is 43.1 Å². The van der Waals surface area contributed by atoms with E-state index in [0.717, 1.165) is 42.7 Å². The largest absolute Gasteiger partial charge is 0.371 e. The van der Waals surface area contributed by atoms with Gasteiger partial charge >= 0.3 is 0 Å². The first-order chi connectivity index (χ1) is 16.6. The standard InChI is InChI=1S/C29H33N3O2/c1-3-31(4-2)29(34)26-21-25(17-18-27(26)32-19-9-6-10-20-32)30-28(33)24-15-13-23(14-16-24)22-11-7-5-8-12-22/h5,7-8,11-18,21H,3-4,6,9-10,19-20H2,1-2H3,(H,30,33). The van der Waals surface area contributed by atoms with Crippen molar-refractivity contribution < 1.29 is 9.59 Å². The summed E-state index contributed by atoms with van der Waals surface area (Å²) in [4.78, 5) is 30.4. The normalized spacial score (nSPS) is 13.4. The van der Waals surface area contributed by atoms with Gasteiger partial charge in [-0.05, 0) is 74.6 Å². The van der Waals surface area contributed by atoms with Gasteiger partial charge in [0.25, 0.3) is 11.8 Å². The summed E-state index contributed by atoms with van der Waals surface area (Å²) in [5.41, 5.74) is 5.01. The molecular weight excluding hydrogens is 422 g/mol. The molecule has 0 atom stereocenters. The highest BCUT2D eigenvalue weighted by Gasteiger charge is 2.22. The molecule has 0 spiro atoms. The molecule has 3 aromatic carbocycles. The quantitative estimate of drug-likeness (QED) is 0.470. The van der Waals surface area contributed by atoms with Gasteiger partial charge in [-0.25, -0.2) is 0 Å². The van der Waals surface area contributed by atoms with E-state index in [1.54, 1.807) is 0 Å². The highest BCUT2D eigenvalue weighted by atomic mass is 16.2. The fraction of sp³-hybridized carbons (Fsp3) is 0.310. The van der Waals surface area contributed by atoms with Crippen molar-refractivity contribution in [3.8, 4) is 11.1 Å². The van der Waals surface area contributed by atoms with E-state index in [0.29, 0.717) is 29.9 Å². The van der Waals surface area contributed by atoms with Crippen molar-refractivity contribution in [1.29, 1.82) is 0 Å². The molecule has 0 bridgehead atoms. The Kier molecular flexibility index (Phi) is 7.63. The zero-order chi connectivity index (χ0) is 23.9. The van der Waals surface area contributed by atoms with Crippen LogP contribution in [-0.2, 0) is 0 Å². The van der Waals surface area contributed by atoms with Crippen LogP contribution in [0.2, 0.25) is 0 Å². The smallest absolute Gasteiger partial charge is 0.256 e. The van der Waals surface area contributed by atoms with E-state index in [1.807, 2.05) is 91.5 Å². The Bertz CT molecular complexity index is 1120. The molecule has 176 valence electrons. The maximum Gasteiger partial charge on any atom is 0.256 e. The minimum atomic E-state index is -0.188. The number of nitrogens with zero attached hydrogens (tertiary/aromatic N) is 2. The lowest BCUT2D eigenvalue weighted by Crippen LogP contribution is -2.35. The number of carbonyl (C=O) groups excluding carboxylic acids is 2. The van der Waals surface area contributed by atoms with Crippen molar-refractivity contribution >= 4 is 23.2 Å². The van der Waals surface area contributed by atoms with Gasteiger partial charge in [0.2, 0.25) is 0 Å². The molecule has 2 amide bonds. The third-order valence-electron chi connectivity index (χ3n) is 6.49. The lowest BCUT2D eigenvalue weighted by Gasteiger charge is -2.31. The Morgan fingerprint density at radius 2 is 1.47 bits per heavy atom. The fourth-order valence-corrected chi connectivity index (χ4v) is 4.52. The van der Waals surface area contributed by atoms with Gasteiger partial charge in [-0.2, -0.15) is 0 Å². The van der Waals surface area contributed by atoms with E-state index < -0.39 is 0 Å². The first kappa shape index (κ1) is 23.6. The SMILES string of the molecule is CCN(CC)C(=O)c1cc(NC(=O)c2ccc(-c3ccccc3)cc2)ccc1N1CCCCC1. The van der Waals surface area contributed by atoms with E-state index in [2.05, 4.69) is 10.2 Å². The van der Waals surface area contributed by atoms with Crippen molar-refractivity contribution in [2.24, 2.45) is 0 Å². The summed E-state index contributed by atoms with van der Waals surface area (Å²) in [6, 6.07) is 23.4. The summed E-state index contributed by atoms with van der Waals surface area (Å²) in [6.07, 6.45) is 3.50. The van der Waals surface area contributed by atoms with Crippen molar-refractivity contribution in [1.82, 2.24) is 4.90 Å². The number of benzene rings is 3. The summed E-state index contributed by atoms with van der Waals surface area (Å²) in [7, 11) is 0. The zero-order valence-corrected chi connectivity index (χ0v) is 20.1. The first-order valence-corrected chi connectivity index (χ1v) is 12.3. The number of amides is 2. The van der Waals surface area contributed by atoms with Gasteiger partial charge in [-0.3, -0.25) is 9.59 Å². The summed E-state index contributed by atoms with van der Waals surface area (Å²) in [6.45, 7) is 7.20. The Hall–Kier alpha value is -3.60. The second-order valence-electron chi connectivity index (χ2n) is 8.65. The van der Waals surface area contributed by atoms with Crippen LogP contribution in [0.5, 0.6) is 0 Å². The van der Waals surface area contributed by atoms with Crippen LogP contribution in [0.3, 0.4) is 0 Å². The van der Waals surface area contributed by atoms with E-state index in [4.69, 9.17) is 0 Å². The maximum atomic E-state index is 13.3. The molecule has 1 fully saturated rings. The maximum absolute atomic E-state index is 13.3. The van der Waals surface area contributed by atoms with E-state index >= 15 is 0 Å². The highest BCUT2D eigenvalue weighted by molar-refractivity contribution is 6.06. The number of carbonyl (C=O) groups is 2. The molecule has 1 aliphatic rings. The summed E-state index contributed by atoms with van der Waals surface area (Å²) >= 11 is 0.